The van der Waals surface area contributed by atoms with Crippen LogP contribution in [0.1, 0.15) is 57.7 Å². The normalized spacial score (nSPS) is 23.7. The summed E-state index contributed by atoms with van der Waals surface area (Å²) in [5, 5.41) is 17.3. The largest absolute Gasteiger partial charge is 0.464 e. The van der Waals surface area contributed by atoms with E-state index in [1.807, 2.05) is 0 Å². The fourth-order valence-electron chi connectivity index (χ4n) is 4.97. The Morgan fingerprint density at radius 1 is 1.27 bits per heavy atom. The maximum atomic E-state index is 14.2. The van der Waals surface area contributed by atoms with Crippen molar-refractivity contribution in [2.45, 2.75) is 69.8 Å². The summed E-state index contributed by atoms with van der Waals surface area (Å²) in [7, 11) is -4.36. The Hall–Kier alpha value is -4.02. The van der Waals surface area contributed by atoms with Crippen molar-refractivity contribution in [2.24, 2.45) is 5.92 Å². The number of benzene rings is 1. The van der Waals surface area contributed by atoms with Gasteiger partial charge in [0, 0.05) is 12.8 Å². The Morgan fingerprint density at radius 3 is 2.73 bits per heavy atom. The van der Waals surface area contributed by atoms with Crippen molar-refractivity contribution in [1.29, 1.82) is 5.26 Å². The van der Waals surface area contributed by atoms with Crippen LogP contribution in [0, 0.1) is 17.2 Å². The number of nitrogens with zero attached hydrogens (tertiary/aromatic N) is 4. The number of carbonyl (C=O) groups is 2. The average Bonchev–Trinajstić information content (AvgIpc) is 3.58. The van der Waals surface area contributed by atoms with Crippen LogP contribution in [-0.2, 0) is 32.9 Å². The molecule has 0 amide bonds. The highest BCUT2D eigenvalue weighted by Gasteiger charge is 2.54. The van der Waals surface area contributed by atoms with Crippen LogP contribution in [0.25, 0.3) is 5.52 Å². The fraction of sp³-hybridized carbons (Fsp3) is 0.483. The number of fused-ring (bicyclic) bond motifs is 1. The smallest absolute Gasteiger partial charge is 0.459 e. The summed E-state index contributed by atoms with van der Waals surface area (Å²) in [5.41, 5.74) is 5.15. The third-order valence-electron chi connectivity index (χ3n) is 7.70. The highest BCUT2D eigenvalue weighted by Crippen LogP contribution is 2.49. The molecule has 44 heavy (non-hydrogen) atoms. The number of anilines is 1. The van der Waals surface area contributed by atoms with Crippen LogP contribution in [-0.4, -0.2) is 57.5 Å². The van der Waals surface area contributed by atoms with Gasteiger partial charge in [0.1, 0.15) is 48.5 Å². The number of nitrogen functional groups attached to an aromatic ring is 1. The number of nitrogens with two attached hydrogens (primary N) is 1. The third-order valence-corrected chi connectivity index (χ3v) is 9.33. The van der Waals surface area contributed by atoms with Gasteiger partial charge in [0.15, 0.2) is 5.82 Å². The fourth-order valence-corrected chi connectivity index (χ4v) is 6.49. The Bertz CT molecular complexity index is 1570. The molecule has 15 heteroatoms. The number of rotatable bonds is 13. The zero-order valence-corrected chi connectivity index (χ0v) is 25.4. The van der Waals surface area contributed by atoms with Gasteiger partial charge in [0.05, 0.1) is 12.3 Å². The number of nitrogens with one attached hydrogen (secondary N) is 1. The van der Waals surface area contributed by atoms with Gasteiger partial charge in [-0.25, -0.2) is 14.1 Å². The first kappa shape index (κ1) is 31.4. The van der Waals surface area contributed by atoms with Crippen LogP contribution in [0.4, 0.5) is 5.82 Å². The highest BCUT2D eigenvalue weighted by molar-refractivity contribution is 7.52. The first-order chi connectivity index (χ1) is 21.1. The first-order valence-corrected chi connectivity index (χ1v) is 16.0. The van der Waals surface area contributed by atoms with Crippen molar-refractivity contribution in [2.75, 3.05) is 18.9 Å². The molecular formula is C29H35N6O8P. The Kier molecular flexibility index (Phi) is 9.51. The predicted molar refractivity (Wildman–Crippen MR) is 156 cm³/mol. The molecule has 3 heterocycles. The molecule has 234 valence electrons. The Morgan fingerprint density at radius 2 is 2.05 bits per heavy atom. The van der Waals surface area contributed by atoms with Crippen molar-refractivity contribution in [3.8, 4) is 11.8 Å². The second-order valence-corrected chi connectivity index (χ2v) is 12.5. The van der Waals surface area contributed by atoms with Gasteiger partial charge in [-0.1, -0.05) is 31.5 Å². The van der Waals surface area contributed by atoms with Gasteiger partial charge in [0.2, 0.25) is 5.60 Å². The summed E-state index contributed by atoms with van der Waals surface area (Å²) < 4.78 is 44.6. The molecule has 5 atom stereocenters. The van der Waals surface area contributed by atoms with E-state index in [0.717, 1.165) is 19.3 Å². The van der Waals surface area contributed by atoms with E-state index in [0.29, 0.717) is 17.1 Å². The number of nitriles is 1. The van der Waals surface area contributed by atoms with E-state index in [1.54, 1.807) is 49.4 Å². The van der Waals surface area contributed by atoms with E-state index >= 15 is 0 Å². The standard InChI is InChI=1S/C29H35N6O8P/c1-3-26(36)41-25-14-24(22-12-13-23-27(31)32-18-33-35(22)23)42-29(25,16-30)17-40-44(38,43-21-10-5-4-6-11-21)34-19(2)28(37)39-15-20-8-7-9-20/h4-6,10-13,18-20,24-25H,3,7-9,14-15,17H2,1-2H3,(H,34,38)(H2,31,32,33)/t19-,24+,25-,29+,44?/m0/s1. The van der Waals surface area contributed by atoms with E-state index in [1.165, 1.54) is 17.8 Å². The quantitative estimate of drug-likeness (QED) is 0.206. The van der Waals surface area contributed by atoms with E-state index in [-0.39, 0.29) is 31.0 Å². The van der Waals surface area contributed by atoms with Crippen molar-refractivity contribution in [3.63, 3.8) is 0 Å². The van der Waals surface area contributed by atoms with Crippen molar-refractivity contribution in [3.05, 3.63) is 54.5 Å². The van der Waals surface area contributed by atoms with Gasteiger partial charge in [-0.2, -0.15) is 15.4 Å². The minimum Gasteiger partial charge on any atom is -0.464 e. The molecular weight excluding hydrogens is 591 g/mol. The minimum atomic E-state index is -4.36. The van der Waals surface area contributed by atoms with E-state index in [2.05, 4.69) is 21.2 Å². The summed E-state index contributed by atoms with van der Waals surface area (Å²) >= 11 is 0. The molecule has 14 nitrogen and oxygen atoms in total. The van der Waals surface area contributed by atoms with Gasteiger partial charge < -0.3 is 24.5 Å². The van der Waals surface area contributed by atoms with Crippen LogP contribution in [0.2, 0.25) is 0 Å². The van der Waals surface area contributed by atoms with Crippen LogP contribution in [0.15, 0.2) is 48.8 Å². The van der Waals surface area contributed by atoms with E-state index in [9.17, 15) is 19.4 Å². The molecule has 2 aliphatic rings. The van der Waals surface area contributed by atoms with Crippen LogP contribution in [0.3, 0.4) is 0 Å². The van der Waals surface area contributed by atoms with Gasteiger partial charge in [-0.3, -0.25) is 14.1 Å². The zero-order valence-electron chi connectivity index (χ0n) is 24.5. The molecule has 1 aliphatic heterocycles. The number of carbonyl (C=O) groups excluding carboxylic acids is 2. The molecule has 0 spiro atoms. The Balaban J connectivity index is 1.39. The Labute approximate surface area is 254 Å². The molecule has 0 radical (unpaired) electrons. The summed E-state index contributed by atoms with van der Waals surface area (Å²) in [6.45, 7) is 2.74. The first-order valence-electron chi connectivity index (χ1n) is 14.5. The number of hydrogen-bond donors (Lipinski definition) is 2. The molecule has 1 aromatic carbocycles. The minimum absolute atomic E-state index is 0.0546. The molecule has 0 bridgehead atoms. The van der Waals surface area contributed by atoms with Crippen molar-refractivity contribution in [1.82, 2.24) is 19.7 Å². The van der Waals surface area contributed by atoms with Crippen LogP contribution in [0.5, 0.6) is 5.75 Å². The number of para-hydroxylation sites is 1. The summed E-state index contributed by atoms with van der Waals surface area (Å²) in [5.74, 6) is -0.420. The molecule has 3 N–H and O–H groups in total. The maximum absolute atomic E-state index is 14.2. The van der Waals surface area contributed by atoms with E-state index in [4.69, 9.17) is 29.0 Å². The SMILES string of the molecule is CCC(=O)O[C@H]1C[C@H](c2ccc3c(N)ncnn23)O[C@]1(C#N)COP(=O)(N[C@@H](C)C(=O)OCC1CCC1)Oc1ccccc1. The van der Waals surface area contributed by atoms with Gasteiger partial charge in [-0.05, 0) is 49.9 Å². The molecule has 1 unspecified atom stereocenters. The predicted octanol–water partition coefficient (Wildman–Crippen LogP) is 3.88. The topological polar surface area (TPSA) is 189 Å². The maximum Gasteiger partial charge on any atom is 0.459 e. The lowest BCUT2D eigenvalue weighted by Crippen LogP contribution is -2.45. The number of hydrogen-bond acceptors (Lipinski definition) is 12. The summed E-state index contributed by atoms with van der Waals surface area (Å²) in [4.78, 5) is 29.1. The monoisotopic (exact) mass is 626 g/mol. The molecule has 2 fully saturated rings. The zero-order chi connectivity index (χ0) is 31.3. The lowest BCUT2D eigenvalue weighted by atomic mass is 9.86. The second-order valence-electron chi connectivity index (χ2n) is 10.8. The molecule has 1 saturated carbocycles. The van der Waals surface area contributed by atoms with Crippen LogP contribution >= 0.6 is 7.75 Å². The third kappa shape index (κ3) is 6.87. The number of aromatic nitrogens is 3. The van der Waals surface area contributed by atoms with Gasteiger partial charge in [-0.15, -0.1) is 0 Å². The lowest BCUT2D eigenvalue weighted by molar-refractivity contribution is -0.157. The van der Waals surface area contributed by atoms with Crippen molar-refractivity contribution < 1.29 is 37.4 Å². The highest BCUT2D eigenvalue weighted by atomic mass is 31.2. The molecule has 1 aliphatic carbocycles. The number of ether oxygens (including phenoxy) is 3. The second kappa shape index (κ2) is 13.3. The molecule has 5 rings (SSSR count). The summed E-state index contributed by atoms with van der Waals surface area (Å²) in [6, 6.07) is 12.7. The molecule has 1 saturated heterocycles. The molecule has 3 aromatic rings. The lowest BCUT2D eigenvalue weighted by Gasteiger charge is -2.30. The average molecular weight is 627 g/mol. The molecule has 2 aromatic heterocycles. The van der Waals surface area contributed by atoms with Crippen molar-refractivity contribution >= 4 is 31.0 Å². The van der Waals surface area contributed by atoms with Gasteiger partial charge in [0.25, 0.3) is 0 Å². The number of esters is 2. The van der Waals surface area contributed by atoms with Crippen LogP contribution < -0.4 is 15.3 Å². The van der Waals surface area contributed by atoms with E-state index < -0.39 is 50.1 Å². The van der Waals surface area contributed by atoms with Gasteiger partial charge >= 0.3 is 19.7 Å². The summed E-state index contributed by atoms with van der Waals surface area (Å²) in [6.07, 6.45) is 2.61.